The molecule has 17 heavy (non-hydrogen) atoms. The third kappa shape index (κ3) is 2.19. The molecule has 1 aliphatic heterocycles. The maximum absolute atomic E-state index is 5.83. The van der Waals surface area contributed by atoms with E-state index in [1.165, 1.54) is 17.1 Å². The summed E-state index contributed by atoms with van der Waals surface area (Å²) in [6.07, 6.45) is 1.15. The van der Waals surface area contributed by atoms with Crippen molar-refractivity contribution in [3.05, 3.63) is 35.9 Å². The Morgan fingerprint density at radius 2 is 2.35 bits per heavy atom. The van der Waals surface area contributed by atoms with Gasteiger partial charge in [0, 0.05) is 12.5 Å². The predicted molar refractivity (Wildman–Crippen MR) is 69.6 cm³/mol. The number of fused-ring (bicyclic) bond motifs is 1. The van der Waals surface area contributed by atoms with Crippen LogP contribution in [0.4, 0.5) is 10.8 Å². The molecule has 2 heterocycles. The normalized spacial score (nSPS) is 17.5. The molecule has 88 valence electrons. The smallest absolute Gasteiger partial charge is 0.139 e. The summed E-state index contributed by atoms with van der Waals surface area (Å²) < 4.78 is 9.84. The molecule has 1 aromatic heterocycles. The number of para-hydroxylation sites is 1. The molecule has 2 aromatic rings. The molecule has 1 aliphatic rings. The minimum absolute atomic E-state index is 0.190. The topological polar surface area (TPSA) is 60.2 Å². The molecule has 0 saturated heterocycles. The molecular weight excluding hydrogens is 234 g/mol. The van der Waals surface area contributed by atoms with Crippen molar-refractivity contribution in [2.24, 2.45) is 0 Å². The van der Waals surface area contributed by atoms with Gasteiger partial charge in [0.1, 0.15) is 22.7 Å². The number of nitrogen functional groups attached to an aromatic ring is 1. The molecule has 1 unspecified atom stereocenters. The Kier molecular flexibility index (Phi) is 2.60. The van der Waals surface area contributed by atoms with E-state index >= 15 is 0 Å². The lowest BCUT2D eigenvalue weighted by atomic mass is 10.1. The van der Waals surface area contributed by atoms with Crippen LogP contribution >= 0.6 is 11.5 Å². The molecule has 0 bridgehead atoms. The number of ether oxygens (including phenoxy) is 1. The highest BCUT2D eigenvalue weighted by atomic mass is 32.1. The Morgan fingerprint density at radius 1 is 1.47 bits per heavy atom. The van der Waals surface area contributed by atoms with Crippen molar-refractivity contribution in [2.45, 2.75) is 12.5 Å². The first-order valence-corrected chi connectivity index (χ1v) is 6.29. The van der Waals surface area contributed by atoms with Gasteiger partial charge in [0.15, 0.2) is 0 Å². The monoisotopic (exact) mass is 247 g/mol. The fourth-order valence-corrected chi connectivity index (χ4v) is 2.53. The Morgan fingerprint density at radius 3 is 3.12 bits per heavy atom. The van der Waals surface area contributed by atoms with E-state index in [1.54, 1.807) is 0 Å². The van der Waals surface area contributed by atoms with Crippen LogP contribution in [0.1, 0.15) is 5.56 Å². The second-order valence-electron chi connectivity index (χ2n) is 4.05. The molecule has 3 rings (SSSR count). The van der Waals surface area contributed by atoms with E-state index in [0.29, 0.717) is 5.82 Å². The van der Waals surface area contributed by atoms with Gasteiger partial charge in [-0.2, -0.15) is 4.37 Å². The van der Waals surface area contributed by atoms with E-state index in [4.69, 9.17) is 10.5 Å². The summed E-state index contributed by atoms with van der Waals surface area (Å²) in [7, 11) is 0. The summed E-state index contributed by atoms with van der Waals surface area (Å²) in [6.45, 7) is 0.774. The maximum atomic E-state index is 5.83. The average molecular weight is 247 g/mol. The van der Waals surface area contributed by atoms with Gasteiger partial charge >= 0.3 is 0 Å². The molecule has 5 heteroatoms. The SMILES string of the molecule is Nc1cc(NCC2Cc3ccccc3O2)sn1. The summed E-state index contributed by atoms with van der Waals surface area (Å²) in [5.41, 5.74) is 6.84. The van der Waals surface area contributed by atoms with E-state index in [1.807, 2.05) is 24.3 Å². The zero-order valence-electron chi connectivity index (χ0n) is 9.22. The number of nitrogens with two attached hydrogens (primary N) is 1. The van der Waals surface area contributed by atoms with Crippen molar-refractivity contribution >= 4 is 22.4 Å². The van der Waals surface area contributed by atoms with Crippen molar-refractivity contribution in [2.75, 3.05) is 17.6 Å². The molecule has 0 fully saturated rings. The number of nitrogens with one attached hydrogen (secondary N) is 1. The van der Waals surface area contributed by atoms with Gasteiger partial charge in [-0.1, -0.05) is 18.2 Å². The van der Waals surface area contributed by atoms with Gasteiger partial charge in [-0.3, -0.25) is 0 Å². The first kappa shape index (κ1) is 10.4. The summed E-state index contributed by atoms with van der Waals surface area (Å²) >= 11 is 1.38. The molecule has 0 aliphatic carbocycles. The number of hydrogen-bond donors (Lipinski definition) is 2. The van der Waals surface area contributed by atoms with Gasteiger partial charge in [-0.05, 0) is 23.2 Å². The van der Waals surface area contributed by atoms with Gasteiger partial charge in [0.2, 0.25) is 0 Å². The van der Waals surface area contributed by atoms with Crippen LogP contribution in [0.2, 0.25) is 0 Å². The van der Waals surface area contributed by atoms with Crippen LogP contribution in [-0.4, -0.2) is 17.0 Å². The second kappa shape index (κ2) is 4.25. The lowest BCUT2D eigenvalue weighted by molar-refractivity contribution is 0.246. The fraction of sp³-hybridized carbons (Fsp3) is 0.250. The number of hydrogen-bond acceptors (Lipinski definition) is 5. The summed E-state index contributed by atoms with van der Waals surface area (Å²) in [5.74, 6) is 1.57. The highest BCUT2D eigenvalue weighted by molar-refractivity contribution is 7.10. The predicted octanol–water partition coefficient (Wildman–Crippen LogP) is 2.14. The molecule has 0 radical (unpaired) electrons. The van der Waals surface area contributed by atoms with Crippen molar-refractivity contribution in [3.8, 4) is 5.75 Å². The lowest BCUT2D eigenvalue weighted by Crippen LogP contribution is -2.23. The molecule has 1 aromatic carbocycles. The van der Waals surface area contributed by atoms with Crippen LogP contribution in [0.15, 0.2) is 30.3 Å². The number of anilines is 2. The highest BCUT2D eigenvalue weighted by Crippen LogP contribution is 2.28. The summed E-state index contributed by atoms with van der Waals surface area (Å²) in [4.78, 5) is 0. The number of benzene rings is 1. The van der Waals surface area contributed by atoms with E-state index < -0.39 is 0 Å². The summed E-state index contributed by atoms with van der Waals surface area (Å²) in [6, 6.07) is 10.0. The minimum atomic E-state index is 0.190. The maximum Gasteiger partial charge on any atom is 0.139 e. The van der Waals surface area contributed by atoms with E-state index in [0.717, 1.165) is 23.7 Å². The molecule has 3 N–H and O–H groups in total. The molecule has 0 saturated carbocycles. The lowest BCUT2D eigenvalue weighted by Gasteiger charge is -2.10. The standard InChI is InChI=1S/C12H13N3OS/c13-11-6-12(17-15-11)14-7-9-5-8-3-1-2-4-10(8)16-9/h1-4,6,9,14H,5,7H2,(H2,13,15). The zero-order valence-corrected chi connectivity index (χ0v) is 10.0. The Bertz CT molecular complexity index is 501. The van der Waals surface area contributed by atoms with Crippen LogP contribution in [0.25, 0.3) is 0 Å². The van der Waals surface area contributed by atoms with Crippen molar-refractivity contribution < 1.29 is 4.74 Å². The van der Waals surface area contributed by atoms with Crippen LogP contribution in [0.3, 0.4) is 0 Å². The van der Waals surface area contributed by atoms with Crippen LogP contribution in [0, 0.1) is 0 Å². The third-order valence-corrected chi connectivity index (χ3v) is 3.51. The van der Waals surface area contributed by atoms with Crippen molar-refractivity contribution in [3.63, 3.8) is 0 Å². The van der Waals surface area contributed by atoms with Crippen molar-refractivity contribution in [1.82, 2.24) is 4.37 Å². The van der Waals surface area contributed by atoms with Gasteiger partial charge < -0.3 is 15.8 Å². The molecular formula is C12H13N3OS. The largest absolute Gasteiger partial charge is 0.488 e. The van der Waals surface area contributed by atoms with Crippen LogP contribution in [-0.2, 0) is 6.42 Å². The van der Waals surface area contributed by atoms with Crippen LogP contribution < -0.4 is 15.8 Å². The fourth-order valence-electron chi connectivity index (χ4n) is 1.95. The molecule has 4 nitrogen and oxygen atoms in total. The number of rotatable bonds is 3. The third-order valence-electron chi connectivity index (χ3n) is 2.75. The average Bonchev–Trinajstić information content (AvgIpc) is 2.91. The zero-order chi connectivity index (χ0) is 11.7. The highest BCUT2D eigenvalue weighted by Gasteiger charge is 2.21. The van der Waals surface area contributed by atoms with Gasteiger partial charge in [0.25, 0.3) is 0 Å². The number of nitrogens with zero attached hydrogens (tertiary/aromatic N) is 1. The number of aromatic nitrogens is 1. The molecule has 1 atom stereocenters. The Hall–Kier alpha value is -1.75. The van der Waals surface area contributed by atoms with Gasteiger partial charge in [-0.25, -0.2) is 0 Å². The second-order valence-corrected chi connectivity index (χ2v) is 4.85. The molecule has 0 spiro atoms. The Labute approximate surface area is 104 Å². The molecule has 0 amide bonds. The van der Waals surface area contributed by atoms with E-state index in [9.17, 15) is 0 Å². The summed E-state index contributed by atoms with van der Waals surface area (Å²) in [5, 5.41) is 4.28. The Balaban J connectivity index is 1.59. The quantitative estimate of drug-likeness (QED) is 0.872. The van der Waals surface area contributed by atoms with Gasteiger partial charge in [0.05, 0.1) is 6.54 Å². The van der Waals surface area contributed by atoms with E-state index in [2.05, 4.69) is 15.8 Å². The van der Waals surface area contributed by atoms with Gasteiger partial charge in [-0.15, -0.1) is 0 Å². The first-order valence-electron chi connectivity index (χ1n) is 5.52. The first-order chi connectivity index (χ1) is 8.31. The van der Waals surface area contributed by atoms with Crippen molar-refractivity contribution in [1.29, 1.82) is 0 Å². The van der Waals surface area contributed by atoms with E-state index in [-0.39, 0.29) is 6.10 Å². The van der Waals surface area contributed by atoms with Crippen LogP contribution in [0.5, 0.6) is 5.75 Å². The minimum Gasteiger partial charge on any atom is -0.488 e.